The van der Waals surface area contributed by atoms with E-state index >= 15 is 0 Å². The van der Waals surface area contributed by atoms with Gasteiger partial charge in [0.1, 0.15) is 11.4 Å². The van der Waals surface area contributed by atoms with E-state index in [0.29, 0.717) is 17.7 Å². The molecular formula is C12H8F2N2O4. The first-order valence-electron chi connectivity index (χ1n) is 5.42. The van der Waals surface area contributed by atoms with Crippen LogP contribution in [0.3, 0.4) is 0 Å². The van der Waals surface area contributed by atoms with Crippen LogP contribution in [0.25, 0.3) is 0 Å². The zero-order valence-corrected chi connectivity index (χ0v) is 9.93. The van der Waals surface area contributed by atoms with E-state index in [1.54, 1.807) is 6.07 Å². The van der Waals surface area contributed by atoms with Gasteiger partial charge in [-0.15, -0.1) is 0 Å². The quantitative estimate of drug-likeness (QED) is 0.689. The maximum absolute atomic E-state index is 13.7. The summed E-state index contributed by atoms with van der Waals surface area (Å²) in [6.07, 6.45) is 2.72. The third-order valence-corrected chi connectivity index (χ3v) is 2.53. The van der Waals surface area contributed by atoms with E-state index in [9.17, 15) is 23.7 Å². The second-order valence-electron chi connectivity index (χ2n) is 3.83. The first-order chi connectivity index (χ1) is 9.50. The lowest BCUT2D eigenvalue weighted by molar-refractivity contribution is -0.387. The molecule has 2 aromatic rings. The molecule has 8 heteroatoms. The molecule has 6 nitrogen and oxygen atoms in total. The number of rotatable bonds is 4. The van der Waals surface area contributed by atoms with Crippen molar-refractivity contribution in [2.24, 2.45) is 0 Å². The fourth-order valence-corrected chi connectivity index (χ4v) is 1.55. The van der Waals surface area contributed by atoms with E-state index in [1.807, 2.05) is 0 Å². The van der Waals surface area contributed by atoms with E-state index in [2.05, 4.69) is 5.32 Å². The summed E-state index contributed by atoms with van der Waals surface area (Å²) in [5.74, 6) is -3.75. The van der Waals surface area contributed by atoms with Gasteiger partial charge < -0.3 is 9.73 Å². The molecule has 0 bridgehead atoms. The van der Waals surface area contributed by atoms with E-state index < -0.39 is 33.7 Å². The Labute approximate surface area is 111 Å². The number of amides is 1. The van der Waals surface area contributed by atoms with Gasteiger partial charge in [-0.3, -0.25) is 14.9 Å². The third kappa shape index (κ3) is 2.63. The van der Waals surface area contributed by atoms with Crippen LogP contribution in [-0.4, -0.2) is 10.8 Å². The van der Waals surface area contributed by atoms with Crippen LogP contribution in [0.4, 0.5) is 14.5 Å². The summed E-state index contributed by atoms with van der Waals surface area (Å²) < 4.78 is 32.0. The Morgan fingerprint density at radius 2 is 2.10 bits per heavy atom. The molecule has 1 amide bonds. The molecule has 0 saturated heterocycles. The molecule has 1 aromatic carbocycles. The first kappa shape index (κ1) is 13.7. The van der Waals surface area contributed by atoms with Gasteiger partial charge in [0.15, 0.2) is 0 Å². The van der Waals surface area contributed by atoms with Crippen LogP contribution in [0.2, 0.25) is 0 Å². The molecule has 0 aliphatic heterocycles. The number of nitrogens with zero attached hydrogens (tertiary/aromatic N) is 1. The third-order valence-electron chi connectivity index (χ3n) is 2.53. The zero-order valence-electron chi connectivity index (χ0n) is 9.93. The lowest BCUT2D eigenvalue weighted by Gasteiger charge is -2.06. The van der Waals surface area contributed by atoms with Crippen LogP contribution in [-0.2, 0) is 6.54 Å². The predicted molar refractivity (Wildman–Crippen MR) is 62.9 cm³/mol. The van der Waals surface area contributed by atoms with E-state index in [0.717, 1.165) is 0 Å². The maximum atomic E-state index is 13.7. The van der Waals surface area contributed by atoms with Gasteiger partial charge in [-0.05, 0) is 12.1 Å². The Morgan fingerprint density at radius 1 is 1.35 bits per heavy atom. The van der Waals surface area contributed by atoms with Crippen molar-refractivity contribution in [2.45, 2.75) is 6.54 Å². The van der Waals surface area contributed by atoms with E-state index in [4.69, 9.17) is 4.42 Å². The molecule has 0 unspecified atom stereocenters. The summed E-state index contributed by atoms with van der Waals surface area (Å²) in [6, 6.07) is 2.89. The number of nitro benzene ring substituents is 1. The van der Waals surface area contributed by atoms with Crippen molar-refractivity contribution in [1.82, 2.24) is 5.32 Å². The van der Waals surface area contributed by atoms with E-state index in [-0.39, 0.29) is 6.54 Å². The molecule has 0 spiro atoms. The molecule has 1 aromatic heterocycles. The molecule has 0 atom stereocenters. The summed E-state index contributed by atoms with van der Waals surface area (Å²) in [5.41, 5.74) is -1.35. The average Bonchev–Trinajstić information content (AvgIpc) is 2.89. The van der Waals surface area contributed by atoms with Gasteiger partial charge in [0, 0.05) is 18.2 Å². The average molecular weight is 282 g/mol. The van der Waals surface area contributed by atoms with Crippen LogP contribution in [0, 0.1) is 21.7 Å². The van der Waals surface area contributed by atoms with Crippen molar-refractivity contribution in [3.63, 3.8) is 0 Å². The van der Waals surface area contributed by atoms with Gasteiger partial charge >= 0.3 is 5.69 Å². The fraction of sp³-hybridized carbons (Fsp3) is 0.0833. The maximum Gasteiger partial charge on any atom is 0.305 e. The molecule has 2 rings (SSSR count). The first-order valence-corrected chi connectivity index (χ1v) is 5.42. The van der Waals surface area contributed by atoms with Crippen LogP contribution in [0.1, 0.15) is 15.9 Å². The molecular weight excluding hydrogens is 274 g/mol. The number of nitro groups is 1. The summed E-state index contributed by atoms with van der Waals surface area (Å²) in [4.78, 5) is 21.2. The molecule has 1 heterocycles. The van der Waals surface area contributed by atoms with Crippen molar-refractivity contribution in [3.8, 4) is 0 Å². The van der Waals surface area contributed by atoms with Gasteiger partial charge in [0.05, 0.1) is 17.4 Å². The van der Waals surface area contributed by atoms with Crippen LogP contribution in [0.5, 0.6) is 0 Å². The monoisotopic (exact) mass is 282 g/mol. The van der Waals surface area contributed by atoms with Gasteiger partial charge in [-0.1, -0.05) is 0 Å². The standard InChI is InChI=1S/C12H8F2N2O4/c13-8-1-2-9(16(18)19)11(14)10(8)12(17)15-5-7-3-4-20-6-7/h1-4,6H,5H2,(H,15,17). The van der Waals surface area contributed by atoms with Crippen molar-refractivity contribution in [1.29, 1.82) is 0 Å². The van der Waals surface area contributed by atoms with Gasteiger partial charge in [0.2, 0.25) is 5.82 Å². The Morgan fingerprint density at radius 3 is 2.70 bits per heavy atom. The topological polar surface area (TPSA) is 85.4 Å². The molecule has 0 radical (unpaired) electrons. The van der Waals surface area contributed by atoms with Gasteiger partial charge in [-0.25, -0.2) is 4.39 Å². The molecule has 0 aliphatic rings. The number of nitrogens with one attached hydrogen (secondary N) is 1. The Kier molecular flexibility index (Phi) is 3.74. The molecule has 0 saturated carbocycles. The number of hydrogen-bond donors (Lipinski definition) is 1. The number of hydrogen-bond acceptors (Lipinski definition) is 4. The number of furan rings is 1. The van der Waals surface area contributed by atoms with Crippen molar-refractivity contribution >= 4 is 11.6 Å². The largest absolute Gasteiger partial charge is 0.472 e. The molecule has 0 aliphatic carbocycles. The lowest BCUT2D eigenvalue weighted by atomic mass is 10.1. The number of halogens is 2. The number of benzene rings is 1. The summed E-state index contributed by atoms with van der Waals surface area (Å²) >= 11 is 0. The molecule has 1 N–H and O–H groups in total. The number of carbonyl (C=O) groups excluding carboxylic acids is 1. The highest BCUT2D eigenvalue weighted by Crippen LogP contribution is 2.23. The SMILES string of the molecule is O=C(NCc1ccoc1)c1c(F)ccc([N+](=O)[O-])c1F. The van der Waals surface area contributed by atoms with Crippen molar-refractivity contribution in [3.05, 3.63) is 63.6 Å². The van der Waals surface area contributed by atoms with Crippen LogP contribution in [0.15, 0.2) is 35.1 Å². The second-order valence-corrected chi connectivity index (χ2v) is 3.83. The Hall–Kier alpha value is -2.77. The lowest BCUT2D eigenvalue weighted by Crippen LogP contribution is -2.25. The summed E-state index contributed by atoms with van der Waals surface area (Å²) in [6.45, 7) is -0.0170. The Balaban J connectivity index is 2.25. The summed E-state index contributed by atoms with van der Waals surface area (Å²) in [7, 11) is 0. The summed E-state index contributed by atoms with van der Waals surface area (Å²) in [5, 5.41) is 12.8. The highest BCUT2D eigenvalue weighted by atomic mass is 19.1. The van der Waals surface area contributed by atoms with Gasteiger partial charge in [0.25, 0.3) is 5.91 Å². The van der Waals surface area contributed by atoms with Gasteiger partial charge in [-0.2, -0.15) is 4.39 Å². The van der Waals surface area contributed by atoms with Crippen LogP contribution >= 0.6 is 0 Å². The minimum absolute atomic E-state index is 0.0170. The van der Waals surface area contributed by atoms with Crippen molar-refractivity contribution in [2.75, 3.05) is 0 Å². The normalized spacial score (nSPS) is 10.3. The predicted octanol–water partition coefficient (Wildman–Crippen LogP) is 2.40. The minimum Gasteiger partial charge on any atom is -0.472 e. The highest BCUT2D eigenvalue weighted by Gasteiger charge is 2.25. The molecule has 104 valence electrons. The van der Waals surface area contributed by atoms with Crippen molar-refractivity contribution < 1.29 is 22.9 Å². The minimum atomic E-state index is -1.50. The fourth-order valence-electron chi connectivity index (χ4n) is 1.55. The molecule has 0 fully saturated rings. The van der Waals surface area contributed by atoms with E-state index in [1.165, 1.54) is 12.5 Å². The number of carbonyl (C=O) groups is 1. The second kappa shape index (κ2) is 5.47. The highest BCUT2D eigenvalue weighted by molar-refractivity contribution is 5.95. The smallest absolute Gasteiger partial charge is 0.305 e. The van der Waals surface area contributed by atoms with Crippen LogP contribution < -0.4 is 5.32 Å². The molecule has 20 heavy (non-hydrogen) atoms. The zero-order chi connectivity index (χ0) is 14.7. The Bertz CT molecular complexity index is 656.